The number of hydrogen-bond donors (Lipinski definition) is 4. The Kier molecular flexibility index (Phi) is 14.4. The van der Waals surface area contributed by atoms with Crippen molar-refractivity contribution in [2.24, 2.45) is 0 Å². The molecular formula is C39H51N3O8. The number of aromatic nitrogens is 3. The smallest absolute Gasteiger partial charge is 0.167 e. The van der Waals surface area contributed by atoms with E-state index in [4.69, 9.17) is 28.9 Å². The molecule has 11 nitrogen and oxygen atoms in total. The maximum Gasteiger partial charge on any atom is 0.167 e. The molecule has 0 spiro atoms. The standard InChI is InChI=1S/C39H51N3O8/c1-6-8-18-47-22-28(43)24-49-30-14-16-32(34(45)20-30)37-40-36(26-10-12-27(13-11-26)39(3,4)5)41-38(42-37)33-17-15-31(21-35(33)46)50-25-29(44)23-48-19-9-7-2/h10-17,20-21,28-29,43-46H,6-9,18-19,22-25H2,1-5H3. The quantitative estimate of drug-likeness (QED) is 0.0778. The van der Waals surface area contributed by atoms with Gasteiger partial charge >= 0.3 is 0 Å². The van der Waals surface area contributed by atoms with E-state index in [9.17, 15) is 20.4 Å². The number of benzene rings is 3. The highest BCUT2D eigenvalue weighted by molar-refractivity contribution is 5.72. The highest BCUT2D eigenvalue weighted by Gasteiger charge is 2.19. The number of unbranched alkanes of at least 4 members (excludes halogenated alkanes) is 2. The van der Waals surface area contributed by atoms with E-state index in [0.29, 0.717) is 41.7 Å². The zero-order valence-electron chi connectivity index (χ0n) is 29.8. The van der Waals surface area contributed by atoms with Gasteiger partial charge in [-0.2, -0.15) is 0 Å². The Morgan fingerprint density at radius 2 is 1.04 bits per heavy atom. The van der Waals surface area contributed by atoms with Crippen LogP contribution in [-0.4, -0.2) is 87.2 Å². The SMILES string of the molecule is CCCCOCC(O)COc1ccc(-c2nc(-c3ccc(C(C)(C)C)cc3)nc(-c3ccc(OCC(O)COCCCC)cc3O)n2)c(O)c1. The van der Waals surface area contributed by atoms with E-state index in [1.807, 2.05) is 24.3 Å². The van der Waals surface area contributed by atoms with Gasteiger partial charge in [0.1, 0.15) is 48.4 Å². The van der Waals surface area contributed by atoms with Crippen LogP contribution < -0.4 is 9.47 Å². The van der Waals surface area contributed by atoms with Crippen molar-refractivity contribution in [3.63, 3.8) is 0 Å². The van der Waals surface area contributed by atoms with Crippen LogP contribution in [-0.2, 0) is 14.9 Å². The normalized spacial score (nSPS) is 12.9. The summed E-state index contributed by atoms with van der Waals surface area (Å²) in [4.78, 5) is 14.1. The average Bonchev–Trinajstić information content (AvgIpc) is 3.09. The van der Waals surface area contributed by atoms with E-state index in [1.165, 1.54) is 12.1 Å². The third kappa shape index (κ3) is 11.4. The Bertz CT molecular complexity index is 1550. The number of aliphatic hydroxyl groups is 2. The van der Waals surface area contributed by atoms with Gasteiger partial charge in [-0.3, -0.25) is 0 Å². The average molecular weight is 690 g/mol. The monoisotopic (exact) mass is 689 g/mol. The van der Waals surface area contributed by atoms with Gasteiger partial charge in [-0.25, -0.2) is 15.0 Å². The molecular weight excluding hydrogens is 638 g/mol. The van der Waals surface area contributed by atoms with Crippen molar-refractivity contribution in [1.82, 2.24) is 15.0 Å². The maximum absolute atomic E-state index is 11.1. The zero-order valence-corrected chi connectivity index (χ0v) is 29.8. The molecule has 2 unspecified atom stereocenters. The molecule has 1 heterocycles. The van der Waals surface area contributed by atoms with E-state index < -0.39 is 12.2 Å². The van der Waals surface area contributed by atoms with Crippen molar-refractivity contribution in [1.29, 1.82) is 0 Å². The highest BCUT2D eigenvalue weighted by atomic mass is 16.5. The van der Waals surface area contributed by atoms with Crippen LogP contribution in [0.4, 0.5) is 0 Å². The van der Waals surface area contributed by atoms with E-state index in [1.54, 1.807) is 24.3 Å². The topological polar surface area (TPSA) is 157 Å². The molecule has 0 aliphatic heterocycles. The zero-order chi connectivity index (χ0) is 36.1. The van der Waals surface area contributed by atoms with Crippen LogP contribution in [0.1, 0.15) is 65.9 Å². The fourth-order valence-electron chi connectivity index (χ4n) is 4.86. The Balaban J connectivity index is 1.60. The summed E-state index contributed by atoms with van der Waals surface area (Å²) in [6, 6.07) is 17.4. The van der Waals surface area contributed by atoms with Crippen LogP contribution in [0.3, 0.4) is 0 Å². The molecule has 0 aliphatic rings. The van der Waals surface area contributed by atoms with Crippen molar-refractivity contribution < 1.29 is 39.4 Å². The van der Waals surface area contributed by atoms with Gasteiger partial charge in [0, 0.05) is 30.9 Å². The molecule has 0 bridgehead atoms. The second kappa shape index (κ2) is 18.6. The number of hydrogen-bond acceptors (Lipinski definition) is 11. The fraction of sp³-hybridized carbons (Fsp3) is 0.462. The minimum Gasteiger partial charge on any atom is -0.507 e. The number of aliphatic hydroxyl groups excluding tert-OH is 2. The van der Waals surface area contributed by atoms with Crippen molar-refractivity contribution in [3.05, 3.63) is 66.2 Å². The molecule has 0 fully saturated rings. The van der Waals surface area contributed by atoms with Crippen LogP contribution in [0.2, 0.25) is 0 Å². The first-order valence-electron chi connectivity index (χ1n) is 17.3. The molecule has 0 radical (unpaired) electrons. The van der Waals surface area contributed by atoms with Gasteiger partial charge in [-0.1, -0.05) is 71.7 Å². The minimum atomic E-state index is -0.814. The van der Waals surface area contributed by atoms with Crippen molar-refractivity contribution in [2.75, 3.05) is 39.6 Å². The molecule has 1 aromatic heterocycles. The van der Waals surface area contributed by atoms with Crippen LogP contribution >= 0.6 is 0 Å². The third-order valence-corrected chi connectivity index (χ3v) is 7.85. The van der Waals surface area contributed by atoms with E-state index >= 15 is 0 Å². The number of rotatable bonds is 19. The van der Waals surface area contributed by atoms with Crippen molar-refractivity contribution in [3.8, 4) is 57.2 Å². The van der Waals surface area contributed by atoms with E-state index in [2.05, 4.69) is 39.6 Å². The number of ether oxygens (including phenoxy) is 4. The Labute approximate surface area is 294 Å². The molecule has 0 amide bonds. The lowest BCUT2D eigenvalue weighted by atomic mass is 9.87. The molecule has 4 aromatic rings. The van der Waals surface area contributed by atoms with Gasteiger partial charge in [0.2, 0.25) is 0 Å². The first-order chi connectivity index (χ1) is 24.0. The van der Waals surface area contributed by atoms with Gasteiger partial charge in [-0.05, 0) is 48.1 Å². The number of aromatic hydroxyl groups is 2. The number of nitrogens with zero attached hydrogens (tertiary/aromatic N) is 3. The summed E-state index contributed by atoms with van der Waals surface area (Å²) < 4.78 is 22.3. The number of phenols is 2. The molecule has 50 heavy (non-hydrogen) atoms. The lowest BCUT2D eigenvalue weighted by Gasteiger charge is -2.19. The van der Waals surface area contributed by atoms with Gasteiger partial charge < -0.3 is 39.4 Å². The van der Waals surface area contributed by atoms with Crippen molar-refractivity contribution >= 4 is 0 Å². The molecule has 4 rings (SSSR count). The summed E-state index contributed by atoms with van der Waals surface area (Å²) in [5.41, 5.74) is 2.48. The second-order valence-corrected chi connectivity index (χ2v) is 13.3. The predicted molar refractivity (Wildman–Crippen MR) is 193 cm³/mol. The molecule has 3 aromatic carbocycles. The van der Waals surface area contributed by atoms with Crippen LogP contribution in [0.25, 0.3) is 34.2 Å². The molecule has 0 aliphatic carbocycles. The van der Waals surface area contributed by atoms with E-state index in [0.717, 1.165) is 36.8 Å². The lowest BCUT2D eigenvalue weighted by Crippen LogP contribution is -2.23. The minimum absolute atomic E-state index is 0.000208. The molecule has 0 saturated carbocycles. The summed E-state index contributed by atoms with van der Waals surface area (Å²) in [5.74, 6) is 1.17. The lowest BCUT2D eigenvalue weighted by molar-refractivity contribution is 0.0113. The second-order valence-electron chi connectivity index (χ2n) is 13.3. The third-order valence-electron chi connectivity index (χ3n) is 7.85. The summed E-state index contributed by atoms with van der Waals surface area (Å²) >= 11 is 0. The highest BCUT2D eigenvalue weighted by Crippen LogP contribution is 2.36. The molecule has 4 N–H and O–H groups in total. The summed E-state index contributed by atoms with van der Waals surface area (Å²) in [6.07, 6.45) is 2.24. The van der Waals surface area contributed by atoms with Gasteiger partial charge in [0.05, 0.1) is 24.3 Å². The Hall–Kier alpha value is -4.29. The largest absolute Gasteiger partial charge is 0.507 e. The molecule has 270 valence electrons. The van der Waals surface area contributed by atoms with Gasteiger partial charge in [-0.15, -0.1) is 0 Å². The molecule has 11 heteroatoms. The summed E-state index contributed by atoms with van der Waals surface area (Å²) in [6.45, 7) is 12.0. The van der Waals surface area contributed by atoms with Gasteiger partial charge in [0.15, 0.2) is 17.5 Å². The van der Waals surface area contributed by atoms with E-state index in [-0.39, 0.29) is 55.0 Å². The van der Waals surface area contributed by atoms with Gasteiger partial charge in [0.25, 0.3) is 0 Å². The maximum atomic E-state index is 11.1. The van der Waals surface area contributed by atoms with Crippen LogP contribution in [0.15, 0.2) is 60.7 Å². The first kappa shape index (κ1) is 38.5. The fourth-order valence-corrected chi connectivity index (χ4v) is 4.86. The molecule has 2 atom stereocenters. The summed E-state index contributed by atoms with van der Waals surface area (Å²) in [7, 11) is 0. The Morgan fingerprint density at radius 1 is 0.600 bits per heavy atom. The molecule has 0 saturated heterocycles. The van der Waals surface area contributed by atoms with Crippen LogP contribution in [0, 0.1) is 0 Å². The van der Waals surface area contributed by atoms with Crippen molar-refractivity contribution in [2.45, 2.75) is 77.9 Å². The predicted octanol–water partition coefficient (Wildman–Crippen LogP) is 6.69. The number of phenolic OH excluding ortho intramolecular Hbond substituents is 2. The summed E-state index contributed by atoms with van der Waals surface area (Å²) in [5, 5.41) is 42.6. The first-order valence-corrected chi connectivity index (χ1v) is 17.3. The van der Waals surface area contributed by atoms with Crippen LogP contribution in [0.5, 0.6) is 23.0 Å². The Morgan fingerprint density at radius 3 is 1.44 bits per heavy atom.